The Morgan fingerprint density at radius 1 is 1.15 bits per heavy atom. The number of nitrogens with zero attached hydrogens (tertiary/aromatic N) is 1. The third kappa shape index (κ3) is 4.15. The number of anilines is 1. The van der Waals surface area contributed by atoms with E-state index in [0.717, 1.165) is 10.6 Å². The van der Waals surface area contributed by atoms with Crippen molar-refractivity contribution < 1.29 is 14.3 Å². The molecule has 0 bridgehead atoms. The molecule has 3 rings (SSSR count). The summed E-state index contributed by atoms with van der Waals surface area (Å²) in [6, 6.07) is 13.1. The molecule has 0 unspecified atom stereocenters. The van der Waals surface area contributed by atoms with Crippen molar-refractivity contribution in [3.63, 3.8) is 0 Å². The Bertz CT molecular complexity index is 912. The van der Waals surface area contributed by atoms with Crippen molar-refractivity contribution in [2.45, 2.75) is 6.42 Å². The highest BCUT2D eigenvalue weighted by Gasteiger charge is 2.14. The predicted molar refractivity (Wildman–Crippen MR) is 104 cm³/mol. The van der Waals surface area contributed by atoms with E-state index in [1.54, 1.807) is 12.1 Å². The monoisotopic (exact) mass is 388 g/mol. The minimum atomic E-state index is -0.197. The van der Waals surface area contributed by atoms with Crippen LogP contribution in [0.25, 0.3) is 10.6 Å². The van der Waals surface area contributed by atoms with Gasteiger partial charge in [-0.3, -0.25) is 4.79 Å². The molecule has 2 aromatic carbocycles. The Hall–Kier alpha value is -2.57. The first-order valence-electron chi connectivity index (χ1n) is 7.82. The Morgan fingerprint density at radius 3 is 2.58 bits per heavy atom. The SMILES string of the molecule is COc1cc(NC(=O)Cc2csc(-c3ccccc3)n2)c(OC)cc1Cl. The van der Waals surface area contributed by atoms with E-state index in [-0.39, 0.29) is 12.3 Å². The summed E-state index contributed by atoms with van der Waals surface area (Å²) in [6.07, 6.45) is 0.164. The molecule has 0 atom stereocenters. The molecule has 1 aromatic heterocycles. The van der Waals surface area contributed by atoms with Gasteiger partial charge in [0.1, 0.15) is 16.5 Å². The first kappa shape index (κ1) is 18.2. The number of carbonyl (C=O) groups excluding carboxylic acids is 1. The van der Waals surface area contributed by atoms with Gasteiger partial charge >= 0.3 is 0 Å². The minimum Gasteiger partial charge on any atom is -0.495 e. The van der Waals surface area contributed by atoms with Gasteiger partial charge in [-0.15, -0.1) is 11.3 Å². The molecule has 3 aromatic rings. The Labute approximate surface area is 160 Å². The quantitative estimate of drug-likeness (QED) is 0.667. The maximum absolute atomic E-state index is 12.4. The molecule has 1 amide bonds. The van der Waals surface area contributed by atoms with Crippen LogP contribution in [0.5, 0.6) is 11.5 Å². The fraction of sp³-hybridized carbons (Fsp3) is 0.158. The van der Waals surface area contributed by atoms with Crippen molar-refractivity contribution in [1.82, 2.24) is 4.98 Å². The average Bonchev–Trinajstić information content (AvgIpc) is 3.11. The molecule has 7 heteroatoms. The highest BCUT2D eigenvalue weighted by atomic mass is 35.5. The van der Waals surface area contributed by atoms with E-state index in [1.807, 2.05) is 35.7 Å². The Kier molecular flexibility index (Phi) is 5.75. The van der Waals surface area contributed by atoms with Crippen LogP contribution in [0.15, 0.2) is 47.8 Å². The molecule has 0 aliphatic rings. The number of carbonyl (C=O) groups is 1. The lowest BCUT2D eigenvalue weighted by Crippen LogP contribution is -2.15. The van der Waals surface area contributed by atoms with Crippen LogP contribution in [0, 0.1) is 0 Å². The topological polar surface area (TPSA) is 60.5 Å². The van der Waals surface area contributed by atoms with Gasteiger partial charge < -0.3 is 14.8 Å². The molecule has 0 spiro atoms. The average molecular weight is 389 g/mol. The van der Waals surface area contributed by atoms with Gasteiger partial charge in [-0.2, -0.15) is 0 Å². The van der Waals surface area contributed by atoms with Crippen LogP contribution in [0.3, 0.4) is 0 Å². The molecule has 0 saturated heterocycles. The summed E-state index contributed by atoms with van der Waals surface area (Å²) in [7, 11) is 3.03. The van der Waals surface area contributed by atoms with Crippen LogP contribution in [0.1, 0.15) is 5.69 Å². The predicted octanol–water partition coefficient (Wildman–Crippen LogP) is 4.66. The number of amides is 1. The summed E-state index contributed by atoms with van der Waals surface area (Å²) in [4.78, 5) is 16.9. The third-order valence-corrected chi connectivity index (χ3v) is 4.90. The molecular formula is C19H17ClN2O3S. The lowest BCUT2D eigenvalue weighted by atomic mass is 10.2. The van der Waals surface area contributed by atoms with Crippen LogP contribution in [0.4, 0.5) is 5.69 Å². The van der Waals surface area contributed by atoms with Gasteiger partial charge in [0.2, 0.25) is 5.91 Å². The van der Waals surface area contributed by atoms with Crippen LogP contribution in [-0.2, 0) is 11.2 Å². The second-order valence-corrected chi connectivity index (χ2v) is 6.69. The summed E-state index contributed by atoms with van der Waals surface area (Å²) in [5, 5.41) is 6.01. The van der Waals surface area contributed by atoms with Crippen molar-refractivity contribution in [2.75, 3.05) is 19.5 Å². The van der Waals surface area contributed by atoms with E-state index in [1.165, 1.54) is 25.6 Å². The van der Waals surface area contributed by atoms with E-state index in [4.69, 9.17) is 21.1 Å². The van der Waals surface area contributed by atoms with Gasteiger partial charge in [0, 0.05) is 23.1 Å². The van der Waals surface area contributed by atoms with E-state index in [9.17, 15) is 4.79 Å². The Balaban J connectivity index is 1.73. The lowest BCUT2D eigenvalue weighted by Gasteiger charge is -2.12. The van der Waals surface area contributed by atoms with Crippen LogP contribution in [-0.4, -0.2) is 25.1 Å². The maximum atomic E-state index is 12.4. The first-order chi connectivity index (χ1) is 12.6. The number of methoxy groups -OCH3 is 2. The van der Waals surface area contributed by atoms with Gasteiger partial charge in [-0.05, 0) is 0 Å². The molecule has 0 radical (unpaired) electrons. The van der Waals surface area contributed by atoms with E-state index >= 15 is 0 Å². The lowest BCUT2D eigenvalue weighted by molar-refractivity contribution is -0.115. The molecule has 134 valence electrons. The largest absolute Gasteiger partial charge is 0.495 e. The highest BCUT2D eigenvalue weighted by Crippen LogP contribution is 2.36. The molecule has 0 aliphatic heterocycles. The number of hydrogen-bond acceptors (Lipinski definition) is 5. The van der Waals surface area contributed by atoms with Gasteiger partial charge in [-0.25, -0.2) is 4.98 Å². The maximum Gasteiger partial charge on any atom is 0.230 e. The number of aromatic nitrogens is 1. The van der Waals surface area contributed by atoms with Crippen molar-refractivity contribution in [3.8, 4) is 22.1 Å². The fourth-order valence-corrected chi connectivity index (χ4v) is 3.48. The smallest absolute Gasteiger partial charge is 0.230 e. The van der Waals surface area contributed by atoms with Crippen molar-refractivity contribution in [1.29, 1.82) is 0 Å². The number of thiazole rings is 1. The second-order valence-electron chi connectivity index (χ2n) is 5.42. The third-order valence-electron chi connectivity index (χ3n) is 3.66. The normalized spacial score (nSPS) is 10.4. The molecular weight excluding hydrogens is 372 g/mol. The summed E-state index contributed by atoms with van der Waals surface area (Å²) in [6.45, 7) is 0. The highest BCUT2D eigenvalue weighted by molar-refractivity contribution is 7.13. The zero-order valence-electron chi connectivity index (χ0n) is 14.3. The van der Waals surface area contributed by atoms with Crippen LogP contribution >= 0.6 is 22.9 Å². The summed E-state index contributed by atoms with van der Waals surface area (Å²) >= 11 is 7.59. The molecule has 0 saturated carbocycles. The zero-order chi connectivity index (χ0) is 18.5. The standard InChI is InChI=1S/C19H17ClN2O3S/c1-24-16-10-15(17(25-2)9-14(16)20)22-18(23)8-13-11-26-19(21-13)12-6-4-3-5-7-12/h3-7,9-11H,8H2,1-2H3,(H,22,23). The minimum absolute atomic E-state index is 0.164. The van der Waals surface area contributed by atoms with Gasteiger partial charge in [-0.1, -0.05) is 41.9 Å². The van der Waals surface area contributed by atoms with Crippen molar-refractivity contribution >= 4 is 34.5 Å². The molecule has 0 fully saturated rings. The molecule has 1 N–H and O–H groups in total. The van der Waals surface area contributed by atoms with Gasteiger partial charge in [0.05, 0.1) is 37.0 Å². The van der Waals surface area contributed by atoms with E-state index in [2.05, 4.69) is 10.3 Å². The van der Waals surface area contributed by atoms with Gasteiger partial charge in [0.15, 0.2) is 0 Å². The van der Waals surface area contributed by atoms with Crippen molar-refractivity contribution in [2.24, 2.45) is 0 Å². The second kappa shape index (κ2) is 8.21. The molecule has 0 aliphatic carbocycles. The van der Waals surface area contributed by atoms with Crippen LogP contribution < -0.4 is 14.8 Å². The number of ether oxygens (including phenoxy) is 2. The number of benzene rings is 2. The number of rotatable bonds is 6. The van der Waals surface area contributed by atoms with Crippen molar-refractivity contribution in [3.05, 3.63) is 58.6 Å². The summed E-state index contributed by atoms with van der Waals surface area (Å²) in [5.41, 5.74) is 2.25. The molecule has 5 nitrogen and oxygen atoms in total. The molecule has 26 heavy (non-hydrogen) atoms. The zero-order valence-corrected chi connectivity index (χ0v) is 15.9. The van der Waals surface area contributed by atoms with Crippen LogP contribution in [0.2, 0.25) is 5.02 Å². The fourth-order valence-electron chi connectivity index (χ4n) is 2.42. The molecule has 1 heterocycles. The number of halogens is 1. The summed E-state index contributed by atoms with van der Waals surface area (Å²) < 4.78 is 10.5. The first-order valence-corrected chi connectivity index (χ1v) is 9.07. The van der Waals surface area contributed by atoms with Gasteiger partial charge in [0.25, 0.3) is 0 Å². The van der Waals surface area contributed by atoms with E-state index in [0.29, 0.717) is 27.9 Å². The number of hydrogen-bond donors (Lipinski definition) is 1. The Morgan fingerprint density at radius 2 is 1.88 bits per heavy atom. The van der Waals surface area contributed by atoms with E-state index < -0.39 is 0 Å². The number of nitrogens with one attached hydrogen (secondary N) is 1. The summed E-state index contributed by atoms with van der Waals surface area (Å²) in [5.74, 6) is 0.729.